The smallest absolute Gasteiger partial charge is 0.0766 e. The standard InChI is InChI=1S/C15H28I3N.BrH/c1-19(2)13-11-9-7-5-3-4-6-8-10-12-14(16)15(17)18;/h3-13H2,1-2H3;1H. The van der Waals surface area contributed by atoms with Crippen LogP contribution >= 0.6 is 67.8 Å². The first-order valence-electron chi connectivity index (χ1n) is 7.52. The molecule has 0 saturated carbocycles. The maximum absolute atomic E-state index is 2.49. The van der Waals surface area contributed by atoms with Crippen molar-refractivity contribution < 1.29 is 21.9 Å². The lowest BCUT2D eigenvalue weighted by Gasteiger charge is -2.06. The van der Waals surface area contributed by atoms with E-state index in [0.29, 0.717) is 0 Å². The molecule has 1 N–H and O–H groups in total. The Labute approximate surface area is 177 Å². The van der Waals surface area contributed by atoms with Crippen molar-refractivity contribution in [2.75, 3.05) is 20.6 Å². The number of allylic oxidation sites excluding steroid dienone is 1. The Hall–Kier alpha value is 2.37. The van der Waals surface area contributed by atoms with Gasteiger partial charge >= 0.3 is 0 Å². The minimum atomic E-state index is 0. The Morgan fingerprint density at radius 3 is 1.50 bits per heavy atom. The fourth-order valence-corrected chi connectivity index (χ4v) is 3.01. The molecule has 0 aliphatic carbocycles. The van der Waals surface area contributed by atoms with Crippen molar-refractivity contribution in [1.82, 2.24) is 0 Å². The van der Waals surface area contributed by atoms with Crippen LogP contribution < -0.4 is 21.9 Å². The summed E-state index contributed by atoms with van der Waals surface area (Å²) in [5.74, 6) is 0. The molecule has 1 nitrogen and oxygen atoms in total. The van der Waals surface area contributed by atoms with Gasteiger partial charge < -0.3 is 21.9 Å². The number of nitrogens with one attached hydrogen (secondary N) is 1. The molecule has 0 rings (SSSR count). The van der Waals surface area contributed by atoms with Gasteiger partial charge in [-0.25, -0.2) is 0 Å². The minimum Gasteiger partial charge on any atom is -1.00 e. The highest BCUT2D eigenvalue weighted by Crippen LogP contribution is 2.29. The van der Waals surface area contributed by atoms with Crippen LogP contribution in [0.15, 0.2) is 5.17 Å². The first-order valence-corrected chi connectivity index (χ1v) is 10.8. The van der Waals surface area contributed by atoms with E-state index in [1.165, 1.54) is 72.3 Å². The third-order valence-corrected chi connectivity index (χ3v) is 7.72. The van der Waals surface area contributed by atoms with Gasteiger partial charge in [0, 0.05) is 3.58 Å². The van der Waals surface area contributed by atoms with Crippen molar-refractivity contribution in [3.63, 3.8) is 0 Å². The Balaban J connectivity index is 0. The molecule has 0 aromatic rings. The molecule has 0 aromatic heterocycles. The van der Waals surface area contributed by atoms with Crippen LogP contribution in [0.1, 0.15) is 64.2 Å². The van der Waals surface area contributed by atoms with Gasteiger partial charge in [-0.05, 0) is 93.5 Å². The summed E-state index contributed by atoms with van der Waals surface area (Å²) in [6.07, 6.45) is 14.1. The zero-order valence-electron chi connectivity index (χ0n) is 12.8. The summed E-state index contributed by atoms with van der Waals surface area (Å²) in [5, 5.41) is 0. The second-order valence-corrected chi connectivity index (χ2v) is 11.1. The van der Waals surface area contributed by atoms with Gasteiger partial charge in [-0.2, -0.15) is 0 Å². The van der Waals surface area contributed by atoms with Crippen LogP contribution in [-0.2, 0) is 0 Å². The number of unbranched alkanes of at least 4 members (excludes halogenated alkanes) is 8. The van der Waals surface area contributed by atoms with Crippen molar-refractivity contribution >= 4 is 67.8 Å². The molecule has 5 heteroatoms. The van der Waals surface area contributed by atoms with E-state index in [4.69, 9.17) is 0 Å². The average Bonchev–Trinajstić information content (AvgIpc) is 2.35. The van der Waals surface area contributed by atoms with Crippen LogP contribution in [0.2, 0.25) is 0 Å². The van der Waals surface area contributed by atoms with Crippen LogP contribution in [0.4, 0.5) is 0 Å². The van der Waals surface area contributed by atoms with Crippen LogP contribution in [0.3, 0.4) is 0 Å². The van der Waals surface area contributed by atoms with Gasteiger partial charge in [0.2, 0.25) is 0 Å². The molecule has 0 fully saturated rings. The lowest BCUT2D eigenvalue weighted by molar-refractivity contribution is -0.858. The Bertz CT molecular complexity index is 241. The first kappa shape index (κ1) is 24.6. The van der Waals surface area contributed by atoms with Gasteiger partial charge in [0.05, 0.1) is 22.2 Å². The highest BCUT2D eigenvalue weighted by atomic mass is 127. The number of halogens is 4. The summed E-state index contributed by atoms with van der Waals surface area (Å²) >= 11 is 7.33. The van der Waals surface area contributed by atoms with E-state index in [2.05, 4.69) is 81.9 Å². The third-order valence-electron chi connectivity index (χ3n) is 3.28. The summed E-state index contributed by atoms with van der Waals surface area (Å²) in [7, 11) is 4.49. The van der Waals surface area contributed by atoms with Crippen molar-refractivity contribution in [1.29, 1.82) is 0 Å². The highest BCUT2D eigenvalue weighted by molar-refractivity contribution is 14.2. The minimum absolute atomic E-state index is 0. The molecule has 20 heavy (non-hydrogen) atoms. The Kier molecular flexibility index (Phi) is 21.8. The van der Waals surface area contributed by atoms with Gasteiger partial charge in [0.1, 0.15) is 0 Å². The van der Waals surface area contributed by atoms with Gasteiger partial charge in [-0.15, -0.1) is 0 Å². The van der Waals surface area contributed by atoms with Crippen LogP contribution in [0, 0.1) is 0 Å². The number of rotatable bonds is 12. The zero-order chi connectivity index (χ0) is 14.5. The summed E-state index contributed by atoms with van der Waals surface area (Å²) in [6.45, 7) is 1.34. The van der Waals surface area contributed by atoms with Crippen LogP contribution in [-0.4, -0.2) is 20.6 Å². The van der Waals surface area contributed by atoms with Crippen molar-refractivity contribution in [2.45, 2.75) is 64.2 Å². The zero-order valence-corrected chi connectivity index (χ0v) is 20.8. The Morgan fingerprint density at radius 1 is 0.700 bits per heavy atom. The highest BCUT2D eigenvalue weighted by Gasteiger charge is 1.98. The van der Waals surface area contributed by atoms with E-state index in [-0.39, 0.29) is 17.0 Å². The summed E-state index contributed by atoms with van der Waals surface area (Å²) in [5.41, 5.74) is 0. The number of quaternary nitrogens is 1. The van der Waals surface area contributed by atoms with E-state index in [9.17, 15) is 0 Å². The molecule has 0 aliphatic heterocycles. The average molecular weight is 684 g/mol. The molecule has 0 amide bonds. The van der Waals surface area contributed by atoms with Crippen LogP contribution in [0.5, 0.6) is 0 Å². The van der Waals surface area contributed by atoms with Gasteiger partial charge in [0.25, 0.3) is 0 Å². The molecular formula is C15H29BrI3N. The predicted molar refractivity (Wildman–Crippen MR) is 113 cm³/mol. The molecule has 0 aliphatic rings. The van der Waals surface area contributed by atoms with Crippen molar-refractivity contribution in [3.8, 4) is 0 Å². The van der Waals surface area contributed by atoms with E-state index in [1.807, 2.05) is 0 Å². The second kappa shape index (κ2) is 17.7. The lowest BCUT2D eigenvalue weighted by Crippen LogP contribution is -3.05. The fraction of sp³-hybridized carbons (Fsp3) is 0.867. The molecule has 0 saturated heterocycles. The normalized spacial score (nSPS) is 10.5. The van der Waals surface area contributed by atoms with E-state index < -0.39 is 0 Å². The van der Waals surface area contributed by atoms with Crippen molar-refractivity contribution in [2.24, 2.45) is 0 Å². The molecule has 122 valence electrons. The largest absolute Gasteiger partial charge is 1.00 e. The first-order chi connectivity index (χ1) is 9.04. The quantitative estimate of drug-likeness (QED) is 0.239. The molecule has 0 radical (unpaired) electrons. The molecule has 0 unspecified atom stereocenters. The third kappa shape index (κ3) is 18.4. The molecule has 0 spiro atoms. The van der Waals surface area contributed by atoms with E-state index >= 15 is 0 Å². The molecule has 0 bridgehead atoms. The monoisotopic (exact) mass is 683 g/mol. The lowest BCUT2D eigenvalue weighted by atomic mass is 10.1. The van der Waals surface area contributed by atoms with Gasteiger partial charge in [-0.1, -0.05) is 38.5 Å². The molecule has 0 aromatic carbocycles. The molecular weight excluding hydrogens is 655 g/mol. The SMILES string of the molecule is C[NH+](C)CCCCCCCCCCCC(I)=C(I)I.[Br-]. The van der Waals surface area contributed by atoms with Crippen molar-refractivity contribution in [3.05, 3.63) is 5.17 Å². The fourth-order valence-electron chi connectivity index (χ4n) is 2.09. The summed E-state index contributed by atoms with van der Waals surface area (Å²) in [4.78, 5) is 1.59. The number of hydrogen-bond donors (Lipinski definition) is 1. The van der Waals surface area contributed by atoms with E-state index in [1.54, 1.807) is 8.48 Å². The molecule has 0 heterocycles. The predicted octanol–water partition coefficient (Wildman–Crippen LogP) is 2.51. The van der Waals surface area contributed by atoms with E-state index in [0.717, 1.165) is 0 Å². The second-order valence-electron chi connectivity index (χ2n) is 5.55. The van der Waals surface area contributed by atoms with Gasteiger partial charge in [-0.3, -0.25) is 0 Å². The maximum Gasteiger partial charge on any atom is 0.0766 e. The summed E-state index contributed by atoms with van der Waals surface area (Å²) in [6, 6.07) is 0. The summed E-state index contributed by atoms with van der Waals surface area (Å²) < 4.78 is 2.98. The topological polar surface area (TPSA) is 4.44 Å². The molecule has 0 atom stereocenters. The van der Waals surface area contributed by atoms with Gasteiger partial charge in [0.15, 0.2) is 0 Å². The maximum atomic E-state index is 2.49. The Morgan fingerprint density at radius 2 is 1.10 bits per heavy atom. The van der Waals surface area contributed by atoms with Crippen LogP contribution in [0.25, 0.3) is 0 Å². The number of hydrogen-bond acceptors (Lipinski definition) is 0.